The van der Waals surface area contributed by atoms with Crippen LogP contribution in [-0.2, 0) is 14.3 Å². The summed E-state index contributed by atoms with van der Waals surface area (Å²) in [4.78, 5) is 24.6. The Hall–Kier alpha value is -2.04. The molecule has 5 heteroatoms. The first-order valence-electron chi connectivity index (χ1n) is 7.24. The fraction of sp³-hybridized carbons (Fsp3) is 0.500. The van der Waals surface area contributed by atoms with Crippen LogP contribution in [0, 0.1) is 11.8 Å². The van der Waals surface area contributed by atoms with E-state index in [0.717, 1.165) is 11.3 Å². The van der Waals surface area contributed by atoms with Crippen molar-refractivity contribution in [3.63, 3.8) is 0 Å². The van der Waals surface area contributed by atoms with Crippen LogP contribution in [-0.4, -0.2) is 24.2 Å². The number of benzene rings is 1. The van der Waals surface area contributed by atoms with E-state index in [4.69, 9.17) is 9.47 Å². The summed E-state index contributed by atoms with van der Waals surface area (Å²) >= 11 is 0. The van der Waals surface area contributed by atoms with E-state index in [-0.39, 0.29) is 24.3 Å². The van der Waals surface area contributed by atoms with E-state index in [1.807, 2.05) is 38.1 Å². The Labute approximate surface area is 123 Å². The molecule has 3 rings (SSSR count). The molecule has 112 valence electrons. The topological polar surface area (TPSA) is 64.6 Å². The number of carbonyl (C=O) groups is 2. The molecule has 1 saturated heterocycles. The molecule has 0 aliphatic carbocycles. The lowest BCUT2D eigenvalue weighted by atomic mass is 9.68. The van der Waals surface area contributed by atoms with Gasteiger partial charge in [-0.05, 0) is 25.5 Å². The fourth-order valence-corrected chi connectivity index (χ4v) is 3.36. The first kappa shape index (κ1) is 13.9. The number of fused-ring (bicyclic) bond motifs is 4. The van der Waals surface area contributed by atoms with E-state index in [0.29, 0.717) is 0 Å². The third-order valence-electron chi connectivity index (χ3n) is 4.56. The molecular formula is C16H19NO4. The van der Waals surface area contributed by atoms with Gasteiger partial charge in [0, 0.05) is 11.8 Å². The van der Waals surface area contributed by atoms with Crippen LogP contribution in [0.1, 0.15) is 32.3 Å². The van der Waals surface area contributed by atoms with Gasteiger partial charge >= 0.3 is 5.97 Å². The van der Waals surface area contributed by atoms with Gasteiger partial charge in [0.25, 0.3) is 0 Å². The van der Waals surface area contributed by atoms with Crippen LogP contribution >= 0.6 is 0 Å². The SMILES string of the molecule is CCOC(=O)[C@@H]1C(=O)N[C@@]2(C)Oc3ccccc3[C@H]1[C@@H]2C. The normalized spacial score (nSPS) is 33.5. The Kier molecular flexibility index (Phi) is 3.15. The summed E-state index contributed by atoms with van der Waals surface area (Å²) in [5.74, 6) is -1.15. The Balaban J connectivity index is 2.10. The van der Waals surface area contributed by atoms with Gasteiger partial charge in [0.1, 0.15) is 11.7 Å². The molecule has 2 heterocycles. The summed E-state index contributed by atoms with van der Waals surface area (Å²) in [6.45, 7) is 5.84. The highest BCUT2D eigenvalue weighted by atomic mass is 16.5. The van der Waals surface area contributed by atoms with Crippen LogP contribution in [0.4, 0.5) is 0 Å². The lowest BCUT2D eigenvalue weighted by Crippen LogP contribution is -2.66. The van der Waals surface area contributed by atoms with Crippen molar-refractivity contribution in [2.75, 3.05) is 6.61 Å². The van der Waals surface area contributed by atoms with Gasteiger partial charge in [-0.1, -0.05) is 25.1 Å². The molecule has 1 amide bonds. The summed E-state index contributed by atoms with van der Waals surface area (Å²) < 4.78 is 11.1. The fourth-order valence-electron chi connectivity index (χ4n) is 3.36. The molecule has 2 bridgehead atoms. The minimum absolute atomic E-state index is 0.0282. The summed E-state index contributed by atoms with van der Waals surface area (Å²) in [6, 6.07) is 7.56. The average molecular weight is 289 g/mol. The summed E-state index contributed by atoms with van der Waals surface area (Å²) in [6.07, 6.45) is 0. The van der Waals surface area contributed by atoms with Crippen LogP contribution in [0.3, 0.4) is 0 Å². The van der Waals surface area contributed by atoms with Crippen molar-refractivity contribution in [1.29, 1.82) is 0 Å². The molecular weight excluding hydrogens is 270 g/mol. The highest BCUT2D eigenvalue weighted by Crippen LogP contribution is 2.50. The molecule has 21 heavy (non-hydrogen) atoms. The number of hydrogen-bond donors (Lipinski definition) is 1. The van der Waals surface area contributed by atoms with Gasteiger partial charge in [0.15, 0.2) is 5.72 Å². The van der Waals surface area contributed by atoms with E-state index in [1.54, 1.807) is 6.92 Å². The Morgan fingerprint density at radius 2 is 2.14 bits per heavy atom. The molecule has 0 radical (unpaired) electrons. The van der Waals surface area contributed by atoms with Crippen molar-refractivity contribution in [3.05, 3.63) is 29.8 Å². The van der Waals surface area contributed by atoms with Crippen molar-refractivity contribution in [2.45, 2.75) is 32.4 Å². The van der Waals surface area contributed by atoms with Crippen LogP contribution in [0.25, 0.3) is 0 Å². The first-order valence-corrected chi connectivity index (χ1v) is 7.24. The minimum atomic E-state index is -0.821. The second-order valence-corrected chi connectivity index (χ2v) is 5.78. The van der Waals surface area contributed by atoms with E-state index in [1.165, 1.54) is 0 Å². The quantitative estimate of drug-likeness (QED) is 0.666. The lowest BCUT2D eigenvalue weighted by Gasteiger charge is -2.51. The molecule has 0 unspecified atom stereocenters. The van der Waals surface area contributed by atoms with E-state index >= 15 is 0 Å². The second kappa shape index (κ2) is 4.76. The lowest BCUT2D eigenvalue weighted by molar-refractivity contribution is -0.165. The third kappa shape index (κ3) is 1.99. The number of rotatable bonds is 2. The predicted octanol–water partition coefficient (Wildman–Crippen LogP) is 1.82. The maximum absolute atomic E-state index is 12.4. The number of carbonyl (C=O) groups excluding carboxylic acids is 2. The Morgan fingerprint density at radius 1 is 1.43 bits per heavy atom. The van der Waals surface area contributed by atoms with Gasteiger partial charge in [-0.3, -0.25) is 9.59 Å². The zero-order valence-electron chi connectivity index (χ0n) is 12.4. The molecule has 0 saturated carbocycles. The van der Waals surface area contributed by atoms with Crippen molar-refractivity contribution in [3.8, 4) is 5.75 Å². The monoisotopic (exact) mass is 289 g/mol. The first-order chi connectivity index (χ1) is 9.98. The molecule has 1 N–H and O–H groups in total. The van der Waals surface area contributed by atoms with Crippen LogP contribution < -0.4 is 10.1 Å². The summed E-state index contributed by atoms with van der Waals surface area (Å²) in [5, 5.41) is 2.84. The molecule has 1 fully saturated rings. The molecule has 0 aromatic heterocycles. The summed E-state index contributed by atoms with van der Waals surface area (Å²) in [7, 11) is 0. The molecule has 2 aliphatic heterocycles. The molecule has 5 nitrogen and oxygen atoms in total. The van der Waals surface area contributed by atoms with Gasteiger partial charge in [-0.15, -0.1) is 0 Å². The average Bonchev–Trinajstić information content (AvgIpc) is 2.42. The van der Waals surface area contributed by atoms with Gasteiger partial charge in [-0.25, -0.2) is 0 Å². The molecule has 1 aromatic carbocycles. The van der Waals surface area contributed by atoms with Crippen molar-refractivity contribution >= 4 is 11.9 Å². The minimum Gasteiger partial charge on any atom is -0.468 e. The number of hydrogen-bond acceptors (Lipinski definition) is 4. The Morgan fingerprint density at radius 3 is 2.86 bits per heavy atom. The standard InChI is InChI=1S/C16H19NO4/c1-4-20-15(19)13-12-9(2)16(3,17-14(13)18)21-11-8-6-5-7-10(11)12/h5-9,12-13H,4H2,1-3H3,(H,17,18)/t9-,12+,13-,16-/m0/s1. The maximum Gasteiger partial charge on any atom is 0.319 e. The van der Waals surface area contributed by atoms with Crippen LogP contribution in [0.2, 0.25) is 0 Å². The smallest absolute Gasteiger partial charge is 0.319 e. The molecule has 4 atom stereocenters. The number of ether oxygens (including phenoxy) is 2. The van der Waals surface area contributed by atoms with E-state index < -0.39 is 17.6 Å². The zero-order chi connectivity index (χ0) is 15.2. The highest BCUT2D eigenvalue weighted by Gasteiger charge is 2.56. The number of nitrogens with one attached hydrogen (secondary N) is 1. The maximum atomic E-state index is 12.4. The predicted molar refractivity (Wildman–Crippen MR) is 75.6 cm³/mol. The van der Waals surface area contributed by atoms with E-state index in [2.05, 4.69) is 5.32 Å². The summed E-state index contributed by atoms with van der Waals surface area (Å²) in [5.41, 5.74) is 0.106. The number of esters is 1. The van der Waals surface area contributed by atoms with Crippen LogP contribution in [0.5, 0.6) is 5.75 Å². The number of para-hydroxylation sites is 1. The third-order valence-corrected chi connectivity index (χ3v) is 4.56. The van der Waals surface area contributed by atoms with Gasteiger partial charge in [0.2, 0.25) is 5.91 Å². The molecule has 2 aliphatic rings. The van der Waals surface area contributed by atoms with Gasteiger partial charge in [0.05, 0.1) is 6.61 Å². The van der Waals surface area contributed by atoms with E-state index in [9.17, 15) is 9.59 Å². The molecule has 1 aromatic rings. The van der Waals surface area contributed by atoms with Gasteiger partial charge < -0.3 is 14.8 Å². The molecule has 0 spiro atoms. The van der Waals surface area contributed by atoms with Crippen molar-refractivity contribution < 1.29 is 19.1 Å². The number of piperidine rings is 1. The second-order valence-electron chi connectivity index (χ2n) is 5.78. The van der Waals surface area contributed by atoms with Crippen molar-refractivity contribution in [2.24, 2.45) is 11.8 Å². The van der Waals surface area contributed by atoms with Crippen LogP contribution in [0.15, 0.2) is 24.3 Å². The number of amides is 1. The largest absolute Gasteiger partial charge is 0.468 e. The van der Waals surface area contributed by atoms with Crippen molar-refractivity contribution in [1.82, 2.24) is 5.32 Å². The zero-order valence-corrected chi connectivity index (χ0v) is 12.4. The van der Waals surface area contributed by atoms with Gasteiger partial charge in [-0.2, -0.15) is 0 Å². The highest BCUT2D eigenvalue weighted by molar-refractivity contribution is 6.00. The Bertz CT molecular complexity index is 600.